The number of hydrogen-bond donors (Lipinski definition) is 2. The maximum atomic E-state index is 11.6. The molecular formula is C12H20N2O3. The number of rotatable bonds is 5. The Bertz CT molecular complexity index is 331. The molecule has 0 aliphatic carbocycles. The van der Waals surface area contributed by atoms with Crippen molar-refractivity contribution in [2.75, 3.05) is 26.2 Å². The summed E-state index contributed by atoms with van der Waals surface area (Å²) in [6, 6.07) is 0. The molecule has 2 N–H and O–H groups in total. The molecule has 1 aliphatic heterocycles. The molecule has 1 rings (SSSR count). The number of nitrogens with one attached hydrogen (secondary N) is 1. The molecule has 0 aromatic carbocycles. The Morgan fingerprint density at radius 1 is 1.18 bits per heavy atom. The fourth-order valence-corrected chi connectivity index (χ4v) is 1.80. The molecule has 5 heteroatoms. The monoisotopic (exact) mass is 240 g/mol. The molecule has 96 valence electrons. The van der Waals surface area contributed by atoms with Gasteiger partial charge in [0.15, 0.2) is 0 Å². The zero-order valence-corrected chi connectivity index (χ0v) is 10.5. The number of carbonyl (C=O) groups is 2. The predicted octanol–water partition coefficient (Wildman–Crippen LogP) is 0.619. The summed E-state index contributed by atoms with van der Waals surface area (Å²) in [7, 11) is 0. The quantitative estimate of drug-likeness (QED) is 0.691. The molecule has 17 heavy (non-hydrogen) atoms. The van der Waals surface area contributed by atoms with E-state index in [2.05, 4.69) is 10.2 Å². The van der Waals surface area contributed by atoms with Gasteiger partial charge < -0.3 is 15.3 Å². The Kier molecular flexibility index (Phi) is 5.15. The van der Waals surface area contributed by atoms with Gasteiger partial charge in [-0.3, -0.25) is 4.79 Å². The van der Waals surface area contributed by atoms with Crippen molar-refractivity contribution in [2.45, 2.75) is 26.7 Å². The van der Waals surface area contributed by atoms with Crippen molar-refractivity contribution in [1.29, 1.82) is 0 Å². The fraction of sp³-hybridized carbons (Fsp3) is 0.667. The van der Waals surface area contributed by atoms with Gasteiger partial charge in [-0.2, -0.15) is 0 Å². The summed E-state index contributed by atoms with van der Waals surface area (Å²) in [4.78, 5) is 24.6. The first-order valence-corrected chi connectivity index (χ1v) is 5.93. The predicted molar refractivity (Wildman–Crippen MR) is 64.7 cm³/mol. The molecule has 0 saturated carbocycles. The van der Waals surface area contributed by atoms with Crippen molar-refractivity contribution in [2.24, 2.45) is 0 Å². The van der Waals surface area contributed by atoms with Crippen LogP contribution in [0, 0.1) is 0 Å². The average molecular weight is 240 g/mol. The highest BCUT2D eigenvalue weighted by molar-refractivity contribution is 6.01. The van der Waals surface area contributed by atoms with E-state index in [0.717, 1.165) is 19.6 Å². The number of nitrogens with zero attached hydrogens (tertiary/aromatic N) is 1. The maximum absolute atomic E-state index is 11.6. The minimum atomic E-state index is -1.04. The Balaban J connectivity index is 2.33. The van der Waals surface area contributed by atoms with Crippen LogP contribution in [0.3, 0.4) is 0 Å². The van der Waals surface area contributed by atoms with Crippen molar-refractivity contribution >= 4 is 11.9 Å². The third-order valence-corrected chi connectivity index (χ3v) is 3.14. The van der Waals surface area contributed by atoms with E-state index in [1.54, 1.807) is 0 Å². The van der Waals surface area contributed by atoms with Crippen LogP contribution in [-0.4, -0.2) is 48.1 Å². The number of carboxylic acid groups (broad SMARTS) is 1. The molecule has 1 heterocycles. The third-order valence-electron chi connectivity index (χ3n) is 3.14. The minimum Gasteiger partial charge on any atom is -0.478 e. The number of aliphatic carboxylic acids is 1. The number of hydrogen-bond acceptors (Lipinski definition) is 3. The van der Waals surface area contributed by atoms with Gasteiger partial charge in [0.05, 0.1) is 0 Å². The van der Waals surface area contributed by atoms with E-state index < -0.39 is 5.97 Å². The van der Waals surface area contributed by atoms with Crippen LogP contribution in [0.5, 0.6) is 0 Å². The van der Waals surface area contributed by atoms with Crippen LogP contribution in [0.2, 0.25) is 0 Å². The second-order valence-electron chi connectivity index (χ2n) is 4.36. The van der Waals surface area contributed by atoms with E-state index >= 15 is 0 Å². The van der Waals surface area contributed by atoms with Gasteiger partial charge in [-0.15, -0.1) is 0 Å². The Morgan fingerprint density at radius 2 is 1.76 bits per heavy atom. The maximum Gasteiger partial charge on any atom is 0.331 e. The molecule has 0 radical (unpaired) electrons. The number of carbonyl (C=O) groups excluding carboxylic acids is 1. The summed E-state index contributed by atoms with van der Waals surface area (Å²) < 4.78 is 0. The van der Waals surface area contributed by atoms with Crippen LogP contribution < -0.4 is 5.32 Å². The largest absolute Gasteiger partial charge is 0.478 e. The molecule has 1 fully saturated rings. The van der Waals surface area contributed by atoms with E-state index in [0.29, 0.717) is 6.54 Å². The smallest absolute Gasteiger partial charge is 0.331 e. The van der Waals surface area contributed by atoms with Crippen LogP contribution in [-0.2, 0) is 9.59 Å². The molecule has 1 saturated heterocycles. The normalized spacial score (nSPS) is 17.8. The second kappa shape index (κ2) is 6.39. The molecule has 0 spiro atoms. The lowest BCUT2D eigenvalue weighted by atomic mass is 10.1. The first kappa shape index (κ1) is 13.7. The van der Waals surface area contributed by atoms with Gasteiger partial charge in [-0.05, 0) is 39.8 Å². The lowest BCUT2D eigenvalue weighted by Gasteiger charge is -2.15. The Hall–Kier alpha value is -1.36. The summed E-state index contributed by atoms with van der Waals surface area (Å²) in [5.74, 6) is -1.33. The SMILES string of the molecule is C/C(C(=O)O)=C(\C)C(=O)NCCN1CCCC1. The molecular weight excluding hydrogens is 220 g/mol. The summed E-state index contributed by atoms with van der Waals surface area (Å²) in [5, 5.41) is 11.5. The highest BCUT2D eigenvalue weighted by atomic mass is 16.4. The van der Waals surface area contributed by atoms with Gasteiger partial charge in [-0.1, -0.05) is 0 Å². The molecule has 0 bridgehead atoms. The minimum absolute atomic E-state index is 0.101. The Morgan fingerprint density at radius 3 is 2.29 bits per heavy atom. The van der Waals surface area contributed by atoms with E-state index in [9.17, 15) is 9.59 Å². The standard InChI is InChI=1S/C12H20N2O3/c1-9(10(2)12(16)17)11(15)13-5-8-14-6-3-4-7-14/h3-8H2,1-2H3,(H,13,15)(H,16,17)/b10-9-. The molecule has 0 aromatic rings. The number of amides is 1. The van der Waals surface area contributed by atoms with Crippen molar-refractivity contribution in [3.63, 3.8) is 0 Å². The molecule has 0 aromatic heterocycles. The van der Waals surface area contributed by atoms with Crippen molar-refractivity contribution < 1.29 is 14.7 Å². The molecule has 1 aliphatic rings. The third kappa shape index (κ3) is 4.19. The van der Waals surface area contributed by atoms with Gasteiger partial charge in [0, 0.05) is 24.2 Å². The van der Waals surface area contributed by atoms with Gasteiger partial charge >= 0.3 is 5.97 Å². The van der Waals surface area contributed by atoms with Crippen LogP contribution in [0.1, 0.15) is 26.7 Å². The van der Waals surface area contributed by atoms with Crippen molar-refractivity contribution in [3.8, 4) is 0 Å². The molecule has 0 unspecified atom stereocenters. The average Bonchev–Trinajstić information content (AvgIpc) is 2.79. The van der Waals surface area contributed by atoms with E-state index in [1.807, 2.05) is 0 Å². The summed E-state index contributed by atoms with van der Waals surface area (Å²) in [6.45, 7) is 6.58. The van der Waals surface area contributed by atoms with Crippen LogP contribution in [0.4, 0.5) is 0 Å². The lowest BCUT2D eigenvalue weighted by molar-refractivity contribution is -0.133. The van der Waals surface area contributed by atoms with Crippen molar-refractivity contribution in [3.05, 3.63) is 11.1 Å². The van der Waals surface area contributed by atoms with E-state index in [4.69, 9.17) is 5.11 Å². The van der Waals surface area contributed by atoms with Crippen LogP contribution >= 0.6 is 0 Å². The van der Waals surface area contributed by atoms with Gasteiger partial charge in [-0.25, -0.2) is 4.79 Å². The zero-order chi connectivity index (χ0) is 12.8. The number of carboxylic acids is 1. The Labute approximate surface area is 101 Å². The first-order valence-electron chi connectivity index (χ1n) is 5.93. The van der Waals surface area contributed by atoms with Gasteiger partial charge in [0.1, 0.15) is 0 Å². The summed E-state index contributed by atoms with van der Waals surface area (Å²) in [6.07, 6.45) is 2.45. The van der Waals surface area contributed by atoms with Crippen LogP contribution in [0.15, 0.2) is 11.1 Å². The molecule has 5 nitrogen and oxygen atoms in total. The number of likely N-dealkylation sites (tertiary alicyclic amines) is 1. The summed E-state index contributed by atoms with van der Waals surface area (Å²) in [5.41, 5.74) is 0.377. The first-order chi connectivity index (χ1) is 8.02. The fourth-order valence-electron chi connectivity index (χ4n) is 1.80. The van der Waals surface area contributed by atoms with Gasteiger partial charge in [0.25, 0.3) is 0 Å². The van der Waals surface area contributed by atoms with Crippen LogP contribution in [0.25, 0.3) is 0 Å². The van der Waals surface area contributed by atoms with Crippen molar-refractivity contribution in [1.82, 2.24) is 10.2 Å². The lowest BCUT2D eigenvalue weighted by Crippen LogP contribution is -2.34. The highest BCUT2D eigenvalue weighted by Crippen LogP contribution is 2.06. The zero-order valence-electron chi connectivity index (χ0n) is 10.5. The van der Waals surface area contributed by atoms with Gasteiger partial charge in [0.2, 0.25) is 5.91 Å². The van der Waals surface area contributed by atoms with E-state index in [-0.39, 0.29) is 17.1 Å². The molecule has 0 atom stereocenters. The van der Waals surface area contributed by atoms with E-state index in [1.165, 1.54) is 26.7 Å². The molecule has 1 amide bonds. The second-order valence-corrected chi connectivity index (χ2v) is 4.36. The topological polar surface area (TPSA) is 69.6 Å². The summed E-state index contributed by atoms with van der Waals surface area (Å²) >= 11 is 0. The highest BCUT2D eigenvalue weighted by Gasteiger charge is 2.14.